The maximum atomic E-state index is 12.2. The number of alkyl halides is 4. The molecule has 6 heteroatoms. The van der Waals surface area contributed by atoms with Gasteiger partial charge in [-0.1, -0.05) is 0 Å². The first-order valence-corrected chi connectivity index (χ1v) is 4.51. The number of nitriles is 1. The smallest absolute Gasteiger partial charge is 0.259 e. The largest absolute Gasteiger partial charge is 0.417 e. The zero-order valence-corrected chi connectivity index (χ0v) is 8.18. The van der Waals surface area contributed by atoms with Gasteiger partial charge < -0.3 is 0 Å². The van der Waals surface area contributed by atoms with Gasteiger partial charge in [0.2, 0.25) is 0 Å². The van der Waals surface area contributed by atoms with Gasteiger partial charge in [-0.05, 0) is 12.1 Å². The van der Waals surface area contributed by atoms with Crippen LogP contribution >= 0.6 is 11.6 Å². The SMILES string of the molecule is N#CC(CCl)c1ccc(C(F)(F)F)cn1. The van der Waals surface area contributed by atoms with E-state index in [-0.39, 0.29) is 11.6 Å². The van der Waals surface area contributed by atoms with Crippen molar-refractivity contribution in [3.05, 3.63) is 29.6 Å². The van der Waals surface area contributed by atoms with Crippen molar-refractivity contribution >= 4 is 11.6 Å². The minimum Gasteiger partial charge on any atom is -0.259 e. The van der Waals surface area contributed by atoms with Crippen molar-refractivity contribution in [2.24, 2.45) is 0 Å². The van der Waals surface area contributed by atoms with Crippen LogP contribution in [0.2, 0.25) is 0 Å². The van der Waals surface area contributed by atoms with Crippen molar-refractivity contribution in [1.82, 2.24) is 4.98 Å². The molecule has 0 amide bonds. The van der Waals surface area contributed by atoms with Gasteiger partial charge in [-0.2, -0.15) is 18.4 Å². The van der Waals surface area contributed by atoms with Gasteiger partial charge in [-0.25, -0.2) is 0 Å². The van der Waals surface area contributed by atoms with Crippen LogP contribution in [0.3, 0.4) is 0 Å². The number of nitrogens with zero attached hydrogens (tertiary/aromatic N) is 2. The lowest BCUT2D eigenvalue weighted by Gasteiger charge is -2.08. The molecule has 0 aliphatic heterocycles. The van der Waals surface area contributed by atoms with E-state index in [2.05, 4.69) is 4.98 Å². The van der Waals surface area contributed by atoms with E-state index >= 15 is 0 Å². The fourth-order valence-corrected chi connectivity index (χ4v) is 1.19. The Labute approximate surface area is 89.3 Å². The van der Waals surface area contributed by atoms with Gasteiger partial charge >= 0.3 is 6.18 Å². The fourth-order valence-electron chi connectivity index (χ4n) is 0.959. The highest BCUT2D eigenvalue weighted by atomic mass is 35.5. The third-order valence-electron chi connectivity index (χ3n) is 1.78. The standard InChI is InChI=1S/C9H6ClF3N2/c10-3-6(4-14)8-2-1-7(5-15-8)9(11,12)13/h1-2,5-6H,3H2. The highest BCUT2D eigenvalue weighted by Gasteiger charge is 2.30. The minimum absolute atomic E-state index is 0.00879. The molecule has 0 aliphatic rings. The zero-order chi connectivity index (χ0) is 11.5. The Bertz CT molecular complexity index is 366. The second kappa shape index (κ2) is 4.49. The Balaban J connectivity index is 2.96. The number of hydrogen-bond donors (Lipinski definition) is 0. The van der Waals surface area contributed by atoms with Crippen molar-refractivity contribution < 1.29 is 13.2 Å². The van der Waals surface area contributed by atoms with E-state index in [1.54, 1.807) is 0 Å². The second-order valence-corrected chi connectivity index (χ2v) is 3.11. The molecule has 0 bridgehead atoms. The Hall–Kier alpha value is -1.28. The zero-order valence-electron chi connectivity index (χ0n) is 7.42. The Kier molecular flexibility index (Phi) is 3.53. The van der Waals surface area contributed by atoms with Crippen molar-refractivity contribution in [3.8, 4) is 6.07 Å². The average molecular weight is 235 g/mol. The predicted molar refractivity (Wildman–Crippen MR) is 48.3 cm³/mol. The van der Waals surface area contributed by atoms with Crippen LogP contribution in [0.1, 0.15) is 17.2 Å². The van der Waals surface area contributed by atoms with E-state index in [9.17, 15) is 13.2 Å². The summed E-state index contributed by atoms with van der Waals surface area (Å²) in [5, 5.41) is 8.61. The van der Waals surface area contributed by atoms with E-state index in [1.807, 2.05) is 6.07 Å². The summed E-state index contributed by atoms with van der Waals surface area (Å²) in [5.74, 6) is -0.663. The minimum atomic E-state index is -4.41. The predicted octanol–water partition coefficient (Wildman–Crippen LogP) is 2.95. The molecule has 0 saturated carbocycles. The average Bonchev–Trinajstić information content (AvgIpc) is 2.19. The molecule has 1 aromatic rings. The normalized spacial score (nSPS) is 13.3. The summed E-state index contributed by atoms with van der Waals surface area (Å²) >= 11 is 5.45. The summed E-state index contributed by atoms with van der Waals surface area (Å²) < 4.78 is 36.5. The summed E-state index contributed by atoms with van der Waals surface area (Å²) in [5.41, 5.74) is -0.585. The van der Waals surface area contributed by atoms with Crippen molar-refractivity contribution in [2.45, 2.75) is 12.1 Å². The molecular weight excluding hydrogens is 229 g/mol. The summed E-state index contributed by atoms with van der Waals surface area (Å²) in [7, 11) is 0. The van der Waals surface area contributed by atoms with E-state index in [1.165, 1.54) is 6.07 Å². The van der Waals surface area contributed by atoms with Gasteiger partial charge in [0.05, 0.1) is 17.3 Å². The maximum Gasteiger partial charge on any atom is 0.417 e. The van der Waals surface area contributed by atoms with Crippen LogP contribution in [-0.2, 0) is 6.18 Å². The van der Waals surface area contributed by atoms with Crippen LogP contribution in [0.5, 0.6) is 0 Å². The first kappa shape index (κ1) is 11.8. The number of pyridine rings is 1. The third-order valence-corrected chi connectivity index (χ3v) is 2.09. The van der Waals surface area contributed by atoms with Crippen LogP contribution in [0, 0.1) is 11.3 Å². The Morgan fingerprint density at radius 1 is 1.47 bits per heavy atom. The number of rotatable bonds is 2. The first-order valence-electron chi connectivity index (χ1n) is 3.97. The maximum absolute atomic E-state index is 12.2. The number of halogens is 4. The number of hydrogen-bond acceptors (Lipinski definition) is 2. The quantitative estimate of drug-likeness (QED) is 0.738. The summed E-state index contributed by atoms with van der Waals surface area (Å²) in [6, 6.07) is 3.90. The third kappa shape index (κ3) is 2.83. The number of aromatic nitrogens is 1. The molecule has 2 nitrogen and oxygen atoms in total. The lowest BCUT2D eigenvalue weighted by molar-refractivity contribution is -0.137. The van der Waals surface area contributed by atoms with Crippen LogP contribution < -0.4 is 0 Å². The summed E-state index contributed by atoms with van der Waals surface area (Å²) in [4.78, 5) is 3.56. The van der Waals surface area contributed by atoms with E-state index < -0.39 is 17.7 Å². The molecule has 0 spiro atoms. The van der Waals surface area contributed by atoms with Crippen molar-refractivity contribution in [3.63, 3.8) is 0 Å². The Morgan fingerprint density at radius 2 is 2.13 bits per heavy atom. The molecule has 1 atom stereocenters. The lowest BCUT2D eigenvalue weighted by Crippen LogP contribution is -2.07. The molecule has 0 aromatic carbocycles. The van der Waals surface area contributed by atoms with E-state index in [0.29, 0.717) is 6.20 Å². The fraction of sp³-hybridized carbons (Fsp3) is 0.333. The van der Waals surface area contributed by atoms with Gasteiger partial charge in [0.1, 0.15) is 5.92 Å². The molecule has 15 heavy (non-hydrogen) atoms. The van der Waals surface area contributed by atoms with Gasteiger partial charge in [0.15, 0.2) is 0 Å². The highest BCUT2D eigenvalue weighted by molar-refractivity contribution is 6.18. The van der Waals surface area contributed by atoms with E-state index in [4.69, 9.17) is 16.9 Å². The summed E-state index contributed by atoms with van der Waals surface area (Å²) in [6.07, 6.45) is -3.71. The molecule has 0 saturated heterocycles. The van der Waals surface area contributed by atoms with E-state index in [0.717, 1.165) is 6.07 Å². The van der Waals surface area contributed by atoms with Gasteiger partial charge in [-0.3, -0.25) is 4.98 Å². The van der Waals surface area contributed by atoms with Gasteiger partial charge in [-0.15, -0.1) is 11.6 Å². The first-order chi connectivity index (χ1) is 6.99. The second-order valence-electron chi connectivity index (χ2n) is 2.81. The molecule has 0 aliphatic carbocycles. The van der Waals surface area contributed by atoms with Gasteiger partial charge in [0.25, 0.3) is 0 Å². The summed E-state index contributed by atoms with van der Waals surface area (Å²) in [6.45, 7) is 0. The molecule has 1 heterocycles. The van der Waals surface area contributed by atoms with Crippen molar-refractivity contribution in [2.75, 3.05) is 5.88 Å². The van der Waals surface area contributed by atoms with Crippen LogP contribution in [0.25, 0.3) is 0 Å². The molecule has 1 unspecified atom stereocenters. The molecule has 0 radical (unpaired) electrons. The lowest BCUT2D eigenvalue weighted by atomic mass is 10.1. The molecule has 0 N–H and O–H groups in total. The van der Waals surface area contributed by atoms with Crippen LogP contribution in [0.4, 0.5) is 13.2 Å². The van der Waals surface area contributed by atoms with Crippen LogP contribution in [-0.4, -0.2) is 10.9 Å². The van der Waals surface area contributed by atoms with Crippen LogP contribution in [0.15, 0.2) is 18.3 Å². The Morgan fingerprint density at radius 3 is 2.47 bits per heavy atom. The topological polar surface area (TPSA) is 36.7 Å². The van der Waals surface area contributed by atoms with Gasteiger partial charge in [0, 0.05) is 12.1 Å². The molecular formula is C9H6ClF3N2. The highest BCUT2D eigenvalue weighted by Crippen LogP contribution is 2.29. The molecule has 1 rings (SSSR count). The monoisotopic (exact) mass is 234 g/mol. The van der Waals surface area contributed by atoms with Crippen molar-refractivity contribution in [1.29, 1.82) is 5.26 Å². The molecule has 80 valence electrons. The molecule has 1 aromatic heterocycles. The molecule has 0 fully saturated rings.